The standard InChI is InChI=1S/C16H22N2O3/c1-10(19)13-4-3-5-14(8-13)21-11(2)16(20)18-9-15(17)12-6-7-12/h3-5,8,11-12,15H,6-7,9,17H2,1-2H3,(H,18,20). The van der Waals surface area contributed by atoms with Crippen LogP contribution in [-0.4, -0.2) is 30.4 Å². The summed E-state index contributed by atoms with van der Waals surface area (Å²) in [5.74, 6) is 0.831. The molecule has 5 nitrogen and oxygen atoms in total. The molecule has 1 aromatic rings. The summed E-state index contributed by atoms with van der Waals surface area (Å²) in [5.41, 5.74) is 6.51. The molecule has 1 aliphatic rings. The van der Waals surface area contributed by atoms with Crippen molar-refractivity contribution in [3.05, 3.63) is 29.8 Å². The van der Waals surface area contributed by atoms with E-state index in [1.807, 2.05) is 0 Å². The highest BCUT2D eigenvalue weighted by atomic mass is 16.5. The second kappa shape index (κ2) is 6.72. The van der Waals surface area contributed by atoms with Gasteiger partial charge in [0.25, 0.3) is 5.91 Å². The number of carbonyl (C=O) groups is 2. The molecule has 5 heteroatoms. The summed E-state index contributed by atoms with van der Waals surface area (Å²) in [4.78, 5) is 23.3. The maximum Gasteiger partial charge on any atom is 0.260 e. The highest BCUT2D eigenvalue weighted by Crippen LogP contribution is 2.31. The zero-order valence-corrected chi connectivity index (χ0v) is 12.5. The van der Waals surface area contributed by atoms with Crippen LogP contribution in [0.5, 0.6) is 5.75 Å². The number of ether oxygens (including phenoxy) is 1. The summed E-state index contributed by atoms with van der Waals surface area (Å²) in [6.45, 7) is 3.65. The number of amides is 1. The molecule has 1 aromatic carbocycles. The van der Waals surface area contributed by atoms with Crippen molar-refractivity contribution in [3.8, 4) is 5.75 Å². The zero-order valence-electron chi connectivity index (χ0n) is 12.5. The number of nitrogens with one attached hydrogen (secondary N) is 1. The molecule has 0 heterocycles. The fourth-order valence-electron chi connectivity index (χ4n) is 2.10. The third-order valence-corrected chi connectivity index (χ3v) is 3.66. The van der Waals surface area contributed by atoms with Gasteiger partial charge in [0.05, 0.1) is 0 Å². The molecule has 1 aliphatic carbocycles. The molecular formula is C16H22N2O3. The van der Waals surface area contributed by atoms with Crippen molar-refractivity contribution in [2.24, 2.45) is 11.7 Å². The molecule has 2 unspecified atom stereocenters. The van der Waals surface area contributed by atoms with Crippen LogP contribution in [0.2, 0.25) is 0 Å². The lowest BCUT2D eigenvalue weighted by atomic mass is 10.1. The van der Waals surface area contributed by atoms with E-state index in [0.29, 0.717) is 23.8 Å². The van der Waals surface area contributed by atoms with Crippen molar-refractivity contribution >= 4 is 11.7 Å². The Morgan fingerprint density at radius 1 is 1.43 bits per heavy atom. The van der Waals surface area contributed by atoms with E-state index < -0.39 is 6.10 Å². The lowest BCUT2D eigenvalue weighted by Gasteiger charge is -2.17. The van der Waals surface area contributed by atoms with Gasteiger partial charge in [0, 0.05) is 18.2 Å². The van der Waals surface area contributed by atoms with E-state index >= 15 is 0 Å². The maximum absolute atomic E-state index is 12.0. The van der Waals surface area contributed by atoms with Gasteiger partial charge < -0.3 is 15.8 Å². The second-order valence-corrected chi connectivity index (χ2v) is 5.59. The average Bonchev–Trinajstić information content (AvgIpc) is 3.29. The smallest absolute Gasteiger partial charge is 0.260 e. The highest BCUT2D eigenvalue weighted by molar-refractivity contribution is 5.94. The molecular weight excluding hydrogens is 268 g/mol. The van der Waals surface area contributed by atoms with Gasteiger partial charge in [-0.1, -0.05) is 12.1 Å². The average molecular weight is 290 g/mol. The molecule has 1 saturated carbocycles. The first-order chi connectivity index (χ1) is 9.97. The Balaban J connectivity index is 1.84. The van der Waals surface area contributed by atoms with Gasteiger partial charge in [0.2, 0.25) is 0 Å². The van der Waals surface area contributed by atoms with Gasteiger partial charge in [-0.2, -0.15) is 0 Å². The molecule has 0 aromatic heterocycles. The third kappa shape index (κ3) is 4.56. The van der Waals surface area contributed by atoms with Crippen LogP contribution in [0.15, 0.2) is 24.3 Å². The fraction of sp³-hybridized carbons (Fsp3) is 0.500. The molecule has 2 atom stereocenters. The summed E-state index contributed by atoms with van der Waals surface area (Å²) < 4.78 is 5.57. The van der Waals surface area contributed by atoms with Gasteiger partial charge in [-0.3, -0.25) is 9.59 Å². The lowest BCUT2D eigenvalue weighted by Crippen LogP contribution is -2.43. The van der Waals surface area contributed by atoms with E-state index in [1.165, 1.54) is 6.92 Å². The monoisotopic (exact) mass is 290 g/mol. The van der Waals surface area contributed by atoms with Crippen LogP contribution in [0.1, 0.15) is 37.0 Å². The van der Waals surface area contributed by atoms with Gasteiger partial charge in [-0.05, 0) is 44.7 Å². The quantitative estimate of drug-likeness (QED) is 0.746. The van der Waals surface area contributed by atoms with Gasteiger partial charge in [-0.15, -0.1) is 0 Å². The number of nitrogens with two attached hydrogens (primary N) is 1. The van der Waals surface area contributed by atoms with Crippen molar-refractivity contribution in [1.82, 2.24) is 5.32 Å². The summed E-state index contributed by atoms with van der Waals surface area (Å²) in [5, 5.41) is 2.81. The van der Waals surface area contributed by atoms with Crippen molar-refractivity contribution in [1.29, 1.82) is 0 Å². The molecule has 1 amide bonds. The van der Waals surface area contributed by atoms with Gasteiger partial charge in [-0.25, -0.2) is 0 Å². The highest BCUT2D eigenvalue weighted by Gasteiger charge is 2.29. The summed E-state index contributed by atoms with van der Waals surface area (Å²) in [6, 6.07) is 6.85. The van der Waals surface area contributed by atoms with Crippen molar-refractivity contribution in [2.75, 3.05) is 6.54 Å². The van der Waals surface area contributed by atoms with Crippen LogP contribution >= 0.6 is 0 Å². The predicted molar refractivity (Wildman–Crippen MR) is 80.2 cm³/mol. The molecule has 114 valence electrons. The first-order valence-electron chi connectivity index (χ1n) is 7.28. The SMILES string of the molecule is CC(=O)c1cccc(OC(C)C(=O)NCC(N)C2CC2)c1. The van der Waals surface area contributed by atoms with Crippen LogP contribution in [0.4, 0.5) is 0 Å². The van der Waals surface area contributed by atoms with Crippen LogP contribution < -0.4 is 15.8 Å². The Morgan fingerprint density at radius 3 is 2.76 bits per heavy atom. The van der Waals surface area contributed by atoms with E-state index in [4.69, 9.17) is 10.5 Å². The number of hydrogen-bond donors (Lipinski definition) is 2. The Morgan fingerprint density at radius 2 is 2.14 bits per heavy atom. The summed E-state index contributed by atoms with van der Waals surface area (Å²) in [7, 11) is 0. The summed E-state index contributed by atoms with van der Waals surface area (Å²) in [6.07, 6.45) is 1.68. The zero-order chi connectivity index (χ0) is 15.4. The topological polar surface area (TPSA) is 81.4 Å². The Labute approximate surface area is 124 Å². The number of benzene rings is 1. The number of carbonyl (C=O) groups excluding carboxylic acids is 2. The Hall–Kier alpha value is -1.88. The van der Waals surface area contributed by atoms with E-state index in [1.54, 1.807) is 31.2 Å². The number of rotatable bonds is 7. The van der Waals surface area contributed by atoms with Crippen LogP contribution in [0.25, 0.3) is 0 Å². The molecule has 0 saturated heterocycles. The van der Waals surface area contributed by atoms with Crippen LogP contribution in [0.3, 0.4) is 0 Å². The van der Waals surface area contributed by atoms with E-state index in [-0.39, 0.29) is 17.7 Å². The van der Waals surface area contributed by atoms with Crippen molar-refractivity contribution in [3.63, 3.8) is 0 Å². The van der Waals surface area contributed by atoms with Gasteiger partial charge in [0.15, 0.2) is 11.9 Å². The fourth-order valence-corrected chi connectivity index (χ4v) is 2.10. The molecule has 2 rings (SSSR count). The molecule has 21 heavy (non-hydrogen) atoms. The van der Waals surface area contributed by atoms with Crippen LogP contribution in [0, 0.1) is 5.92 Å². The number of hydrogen-bond acceptors (Lipinski definition) is 4. The molecule has 0 bridgehead atoms. The number of Topliss-reactive ketones (excluding diaryl/α,β-unsaturated/α-hetero) is 1. The van der Waals surface area contributed by atoms with Gasteiger partial charge in [0.1, 0.15) is 5.75 Å². The molecule has 1 fully saturated rings. The normalized spacial score (nSPS) is 16.9. The molecule has 0 radical (unpaired) electrons. The largest absolute Gasteiger partial charge is 0.481 e. The minimum absolute atomic E-state index is 0.0298. The van der Waals surface area contributed by atoms with Gasteiger partial charge >= 0.3 is 0 Å². The lowest BCUT2D eigenvalue weighted by molar-refractivity contribution is -0.127. The Kier molecular flexibility index (Phi) is 4.96. The Bertz CT molecular complexity index is 526. The summed E-state index contributed by atoms with van der Waals surface area (Å²) >= 11 is 0. The second-order valence-electron chi connectivity index (χ2n) is 5.59. The van der Waals surface area contributed by atoms with E-state index in [9.17, 15) is 9.59 Å². The van der Waals surface area contributed by atoms with Crippen molar-refractivity contribution in [2.45, 2.75) is 38.8 Å². The van der Waals surface area contributed by atoms with Crippen molar-refractivity contribution < 1.29 is 14.3 Å². The minimum atomic E-state index is -0.626. The van der Waals surface area contributed by atoms with E-state index in [2.05, 4.69) is 5.32 Å². The molecule has 0 aliphatic heterocycles. The minimum Gasteiger partial charge on any atom is -0.481 e. The molecule has 3 N–H and O–H groups in total. The van der Waals surface area contributed by atoms with Crippen LogP contribution in [-0.2, 0) is 4.79 Å². The predicted octanol–water partition coefficient (Wildman–Crippen LogP) is 1.51. The third-order valence-electron chi connectivity index (χ3n) is 3.66. The number of ketones is 1. The maximum atomic E-state index is 12.0. The first-order valence-corrected chi connectivity index (χ1v) is 7.28. The van der Waals surface area contributed by atoms with E-state index in [0.717, 1.165) is 12.8 Å². The molecule has 0 spiro atoms. The first kappa shape index (κ1) is 15.5.